The van der Waals surface area contributed by atoms with E-state index in [1.165, 1.54) is 6.07 Å². The van der Waals surface area contributed by atoms with Crippen molar-refractivity contribution >= 4 is 11.2 Å². The number of halogens is 1. The van der Waals surface area contributed by atoms with E-state index in [1.807, 2.05) is 35.9 Å². The van der Waals surface area contributed by atoms with Crippen molar-refractivity contribution < 1.29 is 4.39 Å². The van der Waals surface area contributed by atoms with Crippen LogP contribution in [0.15, 0.2) is 48.9 Å². The normalized spacial score (nSPS) is 11.3. The van der Waals surface area contributed by atoms with Crippen molar-refractivity contribution in [3.63, 3.8) is 0 Å². The van der Waals surface area contributed by atoms with Gasteiger partial charge in [-0.05, 0) is 37.6 Å². The Labute approximate surface area is 151 Å². The molecule has 0 unspecified atom stereocenters. The molecule has 3 aromatic heterocycles. The van der Waals surface area contributed by atoms with Crippen LogP contribution in [0.3, 0.4) is 0 Å². The number of rotatable bonds is 5. The van der Waals surface area contributed by atoms with Gasteiger partial charge in [0.1, 0.15) is 23.0 Å². The van der Waals surface area contributed by atoms with Gasteiger partial charge in [0.15, 0.2) is 5.65 Å². The van der Waals surface area contributed by atoms with Gasteiger partial charge in [-0.2, -0.15) is 0 Å². The maximum atomic E-state index is 14.3. The Morgan fingerprint density at radius 2 is 2.00 bits per heavy atom. The Morgan fingerprint density at radius 1 is 1.12 bits per heavy atom. The van der Waals surface area contributed by atoms with Crippen LogP contribution in [0.25, 0.3) is 22.6 Å². The largest absolute Gasteiger partial charge is 0.323 e. The van der Waals surface area contributed by atoms with Crippen LogP contribution in [0.1, 0.15) is 24.7 Å². The average Bonchev–Trinajstić information content (AvgIpc) is 3.23. The summed E-state index contributed by atoms with van der Waals surface area (Å²) >= 11 is 0. The van der Waals surface area contributed by atoms with Crippen LogP contribution in [-0.4, -0.2) is 24.1 Å². The number of hydrogen-bond donors (Lipinski definition) is 0. The summed E-state index contributed by atoms with van der Waals surface area (Å²) in [6, 6.07) is 8.93. The number of nitrogens with zero attached hydrogens (tertiary/aromatic N) is 5. The second-order valence-corrected chi connectivity index (χ2v) is 6.39. The summed E-state index contributed by atoms with van der Waals surface area (Å²) in [5.41, 5.74) is 3.26. The zero-order valence-corrected chi connectivity index (χ0v) is 14.9. The zero-order chi connectivity index (χ0) is 18.1. The topological polar surface area (TPSA) is 48.5 Å². The number of fused-ring (bicyclic) bond motifs is 1. The van der Waals surface area contributed by atoms with E-state index >= 15 is 0 Å². The minimum Gasteiger partial charge on any atom is -0.323 e. The lowest BCUT2D eigenvalue weighted by molar-refractivity contribution is 0.615. The van der Waals surface area contributed by atoms with Gasteiger partial charge in [0.05, 0.1) is 12.1 Å². The lowest BCUT2D eigenvalue weighted by atomic mass is 10.1. The average molecular weight is 349 g/mol. The maximum Gasteiger partial charge on any atom is 0.160 e. The predicted octanol–water partition coefficient (Wildman–Crippen LogP) is 4.20. The first-order valence-corrected chi connectivity index (χ1v) is 8.75. The van der Waals surface area contributed by atoms with E-state index in [1.54, 1.807) is 18.5 Å². The second kappa shape index (κ2) is 6.71. The van der Waals surface area contributed by atoms with Gasteiger partial charge in [-0.1, -0.05) is 18.6 Å². The Kier molecular flexibility index (Phi) is 4.24. The van der Waals surface area contributed by atoms with E-state index in [0.717, 1.165) is 35.5 Å². The quantitative estimate of drug-likeness (QED) is 0.542. The molecule has 5 nitrogen and oxygen atoms in total. The molecule has 0 aliphatic rings. The molecule has 0 saturated carbocycles. The number of imidazole rings is 2. The summed E-state index contributed by atoms with van der Waals surface area (Å²) in [6.07, 6.45) is 6.32. The highest BCUT2D eigenvalue weighted by molar-refractivity contribution is 5.71. The number of benzene rings is 1. The molecule has 1 aromatic carbocycles. The molecule has 0 amide bonds. The molecule has 0 aliphatic carbocycles. The zero-order valence-electron chi connectivity index (χ0n) is 14.9. The Balaban J connectivity index is 1.78. The molecule has 0 fully saturated rings. The summed E-state index contributed by atoms with van der Waals surface area (Å²) in [4.78, 5) is 13.6. The van der Waals surface area contributed by atoms with E-state index < -0.39 is 0 Å². The number of aromatic nitrogens is 5. The molecule has 3 heterocycles. The van der Waals surface area contributed by atoms with Crippen LogP contribution in [-0.2, 0) is 13.1 Å². The summed E-state index contributed by atoms with van der Waals surface area (Å²) in [5, 5.41) is 0. The fraction of sp³-hybridized carbons (Fsp3) is 0.250. The van der Waals surface area contributed by atoms with Gasteiger partial charge in [0.25, 0.3) is 0 Å². The predicted molar refractivity (Wildman–Crippen MR) is 99.3 cm³/mol. The smallest absolute Gasteiger partial charge is 0.160 e. The van der Waals surface area contributed by atoms with Crippen LogP contribution in [0, 0.1) is 12.7 Å². The number of aryl methyl sites for hydroxylation is 2. The number of hydrogen-bond acceptors (Lipinski definition) is 3. The Bertz CT molecular complexity index is 1060. The molecular weight excluding hydrogens is 329 g/mol. The first kappa shape index (κ1) is 16.4. The van der Waals surface area contributed by atoms with Crippen LogP contribution in [0.4, 0.5) is 4.39 Å². The van der Waals surface area contributed by atoms with Gasteiger partial charge in [0, 0.05) is 25.1 Å². The third-order valence-electron chi connectivity index (χ3n) is 4.42. The first-order valence-electron chi connectivity index (χ1n) is 8.75. The van der Waals surface area contributed by atoms with E-state index in [-0.39, 0.29) is 5.82 Å². The molecule has 0 radical (unpaired) electrons. The minimum absolute atomic E-state index is 0.272. The van der Waals surface area contributed by atoms with Gasteiger partial charge >= 0.3 is 0 Å². The van der Waals surface area contributed by atoms with E-state index in [2.05, 4.69) is 21.5 Å². The van der Waals surface area contributed by atoms with Gasteiger partial charge < -0.3 is 9.13 Å². The lowest BCUT2D eigenvalue weighted by Crippen LogP contribution is -2.10. The van der Waals surface area contributed by atoms with Crippen LogP contribution in [0.2, 0.25) is 0 Å². The summed E-state index contributed by atoms with van der Waals surface area (Å²) in [6.45, 7) is 5.43. The van der Waals surface area contributed by atoms with Crippen molar-refractivity contribution in [2.45, 2.75) is 33.4 Å². The second-order valence-electron chi connectivity index (χ2n) is 6.39. The van der Waals surface area contributed by atoms with Crippen LogP contribution in [0.5, 0.6) is 0 Å². The summed E-state index contributed by atoms with van der Waals surface area (Å²) in [5.74, 6) is 1.23. The fourth-order valence-corrected chi connectivity index (χ4v) is 3.23. The molecule has 132 valence electrons. The third-order valence-corrected chi connectivity index (χ3v) is 4.42. The number of pyridine rings is 1. The van der Waals surface area contributed by atoms with E-state index in [9.17, 15) is 4.39 Å². The summed E-state index contributed by atoms with van der Waals surface area (Å²) in [7, 11) is 0. The molecule has 6 heteroatoms. The van der Waals surface area contributed by atoms with E-state index in [0.29, 0.717) is 17.9 Å². The van der Waals surface area contributed by atoms with Gasteiger partial charge in [0.2, 0.25) is 0 Å². The molecule has 0 bridgehead atoms. The molecule has 4 rings (SSSR count). The van der Waals surface area contributed by atoms with Crippen molar-refractivity contribution in [1.29, 1.82) is 0 Å². The molecule has 0 N–H and O–H groups in total. The van der Waals surface area contributed by atoms with Gasteiger partial charge in [-0.3, -0.25) is 0 Å². The van der Waals surface area contributed by atoms with Crippen LogP contribution >= 0.6 is 0 Å². The highest BCUT2D eigenvalue weighted by Gasteiger charge is 2.16. The molecule has 0 saturated heterocycles. The molecule has 0 spiro atoms. The van der Waals surface area contributed by atoms with Crippen molar-refractivity contribution in [3.8, 4) is 11.4 Å². The SMILES string of the molecule is CCCn1c(Cn2ccnc2-c2cc(C)ccc2F)nc2cccnc21. The molecular formula is C20H20FN5. The minimum atomic E-state index is -0.272. The molecule has 26 heavy (non-hydrogen) atoms. The Hall–Kier alpha value is -3.02. The highest BCUT2D eigenvalue weighted by Crippen LogP contribution is 2.24. The first-order chi connectivity index (χ1) is 12.7. The third kappa shape index (κ3) is 2.87. The monoisotopic (exact) mass is 349 g/mol. The van der Waals surface area contributed by atoms with E-state index in [4.69, 9.17) is 4.98 Å². The van der Waals surface area contributed by atoms with Gasteiger partial charge in [-0.15, -0.1) is 0 Å². The Morgan fingerprint density at radius 3 is 2.85 bits per heavy atom. The lowest BCUT2D eigenvalue weighted by Gasteiger charge is -2.11. The summed E-state index contributed by atoms with van der Waals surface area (Å²) < 4.78 is 18.4. The van der Waals surface area contributed by atoms with Gasteiger partial charge in [-0.25, -0.2) is 19.3 Å². The molecule has 4 aromatic rings. The molecule has 0 atom stereocenters. The standard InChI is InChI=1S/C20H20FN5/c1-3-10-26-18(24-17-5-4-8-22-20(17)26)13-25-11-9-23-19(25)15-12-14(2)6-7-16(15)21/h4-9,11-12H,3,10,13H2,1-2H3. The maximum absolute atomic E-state index is 14.3. The van der Waals surface area contributed by atoms with Crippen molar-refractivity contribution in [2.75, 3.05) is 0 Å². The van der Waals surface area contributed by atoms with Crippen molar-refractivity contribution in [2.24, 2.45) is 0 Å². The molecule has 0 aliphatic heterocycles. The van der Waals surface area contributed by atoms with Crippen LogP contribution < -0.4 is 0 Å². The van der Waals surface area contributed by atoms with Crippen molar-refractivity contribution in [1.82, 2.24) is 24.1 Å². The van der Waals surface area contributed by atoms with Crippen molar-refractivity contribution in [3.05, 3.63) is 66.1 Å². The highest BCUT2D eigenvalue weighted by atomic mass is 19.1. The fourth-order valence-electron chi connectivity index (χ4n) is 3.23.